The van der Waals surface area contributed by atoms with Gasteiger partial charge in [0.25, 0.3) is 0 Å². The highest BCUT2D eigenvalue weighted by atomic mass is 15.3. The number of nitrogens with zero attached hydrogens (tertiary/aromatic N) is 5. The number of nitrogens with one attached hydrogen (secondary N) is 2. The minimum atomic E-state index is 0.488. The van der Waals surface area contributed by atoms with Crippen LogP contribution in [0.5, 0.6) is 0 Å². The van der Waals surface area contributed by atoms with Gasteiger partial charge in [0.05, 0.1) is 30.0 Å². The molecule has 0 radical (unpaired) electrons. The zero-order chi connectivity index (χ0) is 15.6. The van der Waals surface area contributed by atoms with Gasteiger partial charge in [0, 0.05) is 18.1 Å². The first-order valence-electron chi connectivity index (χ1n) is 7.07. The Labute approximate surface area is 131 Å². The van der Waals surface area contributed by atoms with Crippen LogP contribution in [0, 0.1) is 0 Å². The van der Waals surface area contributed by atoms with Crippen molar-refractivity contribution in [2.75, 3.05) is 11.1 Å². The van der Waals surface area contributed by atoms with Gasteiger partial charge in [-0.05, 0) is 11.6 Å². The zero-order valence-electron chi connectivity index (χ0n) is 12.1. The van der Waals surface area contributed by atoms with E-state index in [0.717, 1.165) is 28.0 Å². The number of nitrogen functional groups attached to an aromatic ring is 1. The minimum absolute atomic E-state index is 0.488. The Morgan fingerprint density at radius 3 is 2.91 bits per heavy atom. The Morgan fingerprint density at radius 2 is 2.09 bits per heavy atom. The van der Waals surface area contributed by atoms with Crippen molar-refractivity contribution in [3.05, 3.63) is 54.6 Å². The second kappa shape index (κ2) is 5.41. The Morgan fingerprint density at radius 1 is 1.17 bits per heavy atom. The maximum atomic E-state index is 6.00. The minimum Gasteiger partial charge on any atom is -0.398 e. The van der Waals surface area contributed by atoms with E-state index < -0.39 is 0 Å². The van der Waals surface area contributed by atoms with Gasteiger partial charge in [-0.1, -0.05) is 18.2 Å². The predicted molar refractivity (Wildman–Crippen MR) is 87.1 cm³/mol. The molecule has 0 aliphatic carbocycles. The second-order valence-electron chi connectivity index (χ2n) is 5.09. The van der Waals surface area contributed by atoms with Gasteiger partial charge in [-0.25, -0.2) is 9.67 Å². The molecule has 0 saturated heterocycles. The fourth-order valence-electron chi connectivity index (χ4n) is 2.33. The van der Waals surface area contributed by atoms with Crippen molar-refractivity contribution in [3.8, 4) is 0 Å². The normalized spacial score (nSPS) is 11.0. The van der Waals surface area contributed by atoms with Crippen molar-refractivity contribution in [2.24, 2.45) is 0 Å². The molecule has 0 bridgehead atoms. The van der Waals surface area contributed by atoms with Crippen LogP contribution in [-0.2, 0) is 6.54 Å². The predicted octanol–water partition coefficient (Wildman–Crippen LogP) is 1.92. The SMILES string of the molecule is Nc1ccccc1Cn1ncc2cnc(Nc3cn[nH]c3)nc21. The number of H-pyrrole nitrogens is 1. The van der Waals surface area contributed by atoms with E-state index >= 15 is 0 Å². The number of para-hydroxylation sites is 1. The third kappa shape index (κ3) is 2.57. The lowest BCUT2D eigenvalue weighted by molar-refractivity contribution is 0.705. The molecule has 8 heteroatoms. The molecule has 8 nitrogen and oxygen atoms in total. The molecule has 0 unspecified atom stereocenters. The van der Waals surface area contributed by atoms with E-state index in [1.807, 2.05) is 28.9 Å². The Hall–Kier alpha value is -3.42. The van der Waals surface area contributed by atoms with E-state index in [0.29, 0.717) is 12.5 Å². The topological polar surface area (TPSA) is 110 Å². The van der Waals surface area contributed by atoms with Crippen molar-refractivity contribution < 1.29 is 0 Å². The first-order valence-corrected chi connectivity index (χ1v) is 7.07. The monoisotopic (exact) mass is 306 g/mol. The second-order valence-corrected chi connectivity index (χ2v) is 5.09. The summed E-state index contributed by atoms with van der Waals surface area (Å²) in [6, 6.07) is 7.73. The molecule has 4 rings (SSSR count). The highest BCUT2D eigenvalue weighted by Crippen LogP contribution is 2.18. The van der Waals surface area contributed by atoms with Crippen molar-refractivity contribution in [3.63, 3.8) is 0 Å². The zero-order valence-corrected chi connectivity index (χ0v) is 12.1. The lowest BCUT2D eigenvalue weighted by atomic mass is 10.2. The molecule has 0 amide bonds. The molecule has 0 spiro atoms. The molecule has 3 heterocycles. The van der Waals surface area contributed by atoms with E-state index in [4.69, 9.17) is 5.73 Å². The van der Waals surface area contributed by atoms with Crippen molar-refractivity contribution in [1.29, 1.82) is 0 Å². The number of hydrogen-bond acceptors (Lipinski definition) is 6. The molecule has 23 heavy (non-hydrogen) atoms. The lowest BCUT2D eigenvalue weighted by Crippen LogP contribution is -2.06. The summed E-state index contributed by atoms with van der Waals surface area (Å²) in [7, 11) is 0. The molecular weight excluding hydrogens is 292 g/mol. The molecule has 0 aliphatic heterocycles. The van der Waals surface area contributed by atoms with Gasteiger partial charge < -0.3 is 11.1 Å². The average molecular weight is 306 g/mol. The number of hydrogen-bond donors (Lipinski definition) is 3. The third-order valence-corrected chi connectivity index (χ3v) is 3.51. The average Bonchev–Trinajstić information content (AvgIpc) is 3.20. The molecule has 0 fully saturated rings. The van der Waals surface area contributed by atoms with Crippen LogP contribution in [0.3, 0.4) is 0 Å². The number of fused-ring (bicyclic) bond motifs is 1. The molecule has 4 N–H and O–H groups in total. The van der Waals surface area contributed by atoms with Crippen LogP contribution >= 0.6 is 0 Å². The number of benzene rings is 1. The largest absolute Gasteiger partial charge is 0.398 e. The van der Waals surface area contributed by atoms with E-state index in [1.165, 1.54) is 0 Å². The number of nitrogens with two attached hydrogens (primary N) is 1. The number of anilines is 3. The van der Waals surface area contributed by atoms with Gasteiger partial charge in [-0.3, -0.25) is 5.10 Å². The maximum absolute atomic E-state index is 6.00. The van der Waals surface area contributed by atoms with Gasteiger partial charge in [-0.15, -0.1) is 0 Å². The maximum Gasteiger partial charge on any atom is 0.229 e. The van der Waals surface area contributed by atoms with Crippen molar-refractivity contribution in [1.82, 2.24) is 29.9 Å². The molecule has 114 valence electrons. The van der Waals surface area contributed by atoms with Crippen LogP contribution in [0.4, 0.5) is 17.3 Å². The first kappa shape index (κ1) is 13.3. The molecular formula is C15H14N8. The molecule has 1 aromatic carbocycles. The first-order chi connectivity index (χ1) is 11.3. The number of rotatable bonds is 4. The van der Waals surface area contributed by atoms with Crippen LogP contribution in [-0.4, -0.2) is 29.9 Å². The van der Waals surface area contributed by atoms with Crippen LogP contribution in [0.15, 0.2) is 49.1 Å². The number of aromatic amines is 1. The smallest absolute Gasteiger partial charge is 0.229 e. The fraction of sp³-hybridized carbons (Fsp3) is 0.0667. The van der Waals surface area contributed by atoms with E-state index in [2.05, 4.69) is 30.6 Å². The van der Waals surface area contributed by atoms with Crippen molar-refractivity contribution >= 4 is 28.4 Å². The van der Waals surface area contributed by atoms with Gasteiger partial charge in [0.1, 0.15) is 0 Å². The summed E-state index contributed by atoms with van der Waals surface area (Å²) in [5, 5.41) is 15.0. The summed E-state index contributed by atoms with van der Waals surface area (Å²) in [5.41, 5.74) is 9.28. The summed E-state index contributed by atoms with van der Waals surface area (Å²) >= 11 is 0. The lowest BCUT2D eigenvalue weighted by Gasteiger charge is -2.07. The Bertz CT molecular complexity index is 941. The number of aromatic nitrogens is 6. The standard InChI is InChI=1S/C15H14N8/c16-13-4-2-1-3-10(13)9-23-14-11(6-20-23)5-17-15(22-14)21-12-7-18-19-8-12/h1-8H,9,16H2,(H,18,19)(H,17,21,22). The van der Waals surface area contributed by atoms with E-state index in [-0.39, 0.29) is 0 Å². The highest BCUT2D eigenvalue weighted by Gasteiger charge is 2.09. The summed E-state index contributed by atoms with van der Waals surface area (Å²) < 4.78 is 1.81. The van der Waals surface area contributed by atoms with Crippen LogP contribution < -0.4 is 11.1 Å². The molecule has 0 saturated carbocycles. The van der Waals surface area contributed by atoms with Crippen LogP contribution in [0.25, 0.3) is 11.0 Å². The quantitative estimate of drug-likeness (QED) is 0.497. The Balaban J connectivity index is 1.69. The highest BCUT2D eigenvalue weighted by molar-refractivity contribution is 5.75. The van der Waals surface area contributed by atoms with E-state index in [1.54, 1.807) is 24.8 Å². The van der Waals surface area contributed by atoms with Gasteiger partial charge in [-0.2, -0.15) is 15.2 Å². The summed E-state index contributed by atoms with van der Waals surface area (Å²) in [4.78, 5) is 8.81. The molecule has 4 aromatic rings. The fourth-order valence-corrected chi connectivity index (χ4v) is 2.33. The van der Waals surface area contributed by atoms with E-state index in [9.17, 15) is 0 Å². The summed E-state index contributed by atoms with van der Waals surface area (Å²) in [6.45, 7) is 0.554. The summed E-state index contributed by atoms with van der Waals surface area (Å²) in [6.07, 6.45) is 6.88. The molecule has 3 aromatic heterocycles. The van der Waals surface area contributed by atoms with Gasteiger partial charge in [0.15, 0.2) is 5.65 Å². The molecule has 0 aliphatic rings. The van der Waals surface area contributed by atoms with Crippen LogP contribution in [0.1, 0.15) is 5.56 Å². The molecule has 0 atom stereocenters. The Kier molecular flexibility index (Phi) is 3.12. The van der Waals surface area contributed by atoms with Gasteiger partial charge in [0.2, 0.25) is 5.95 Å². The third-order valence-electron chi connectivity index (χ3n) is 3.51. The summed E-state index contributed by atoms with van der Waals surface area (Å²) in [5.74, 6) is 0.488. The van der Waals surface area contributed by atoms with Gasteiger partial charge >= 0.3 is 0 Å². The van der Waals surface area contributed by atoms with Crippen LogP contribution in [0.2, 0.25) is 0 Å². The van der Waals surface area contributed by atoms with Crippen molar-refractivity contribution in [2.45, 2.75) is 6.54 Å².